The van der Waals surface area contributed by atoms with Crippen molar-refractivity contribution in [2.24, 2.45) is 0 Å². The summed E-state index contributed by atoms with van der Waals surface area (Å²) in [6.07, 6.45) is 7.26. The van der Waals surface area contributed by atoms with Crippen molar-refractivity contribution >= 4 is 28.5 Å². The van der Waals surface area contributed by atoms with Gasteiger partial charge in [0.1, 0.15) is 5.00 Å². The van der Waals surface area contributed by atoms with Gasteiger partial charge in [0.15, 0.2) is 5.56 Å². The van der Waals surface area contributed by atoms with Crippen LogP contribution in [0.3, 0.4) is 0 Å². The quantitative estimate of drug-likeness (QED) is 0.489. The highest BCUT2D eigenvalue weighted by atomic mass is 32.1. The Balaban J connectivity index is 2.54. The molecule has 136 valence electrons. The molecule has 0 saturated carbocycles. The molecule has 0 aromatic carbocycles. The van der Waals surface area contributed by atoms with Gasteiger partial charge in [-0.3, -0.25) is 5.32 Å². The second-order valence-electron chi connectivity index (χ2n) is 5.49. The Labute approximate surface area is 147 Å². The number of hydrogen-bond donors (Lipinski definition) is 3. The molecular formula is C16H27N3O4S. The summed E-state index contributed by atoms with van der Waals surface area (Å²) >= 11 is 0.916. The average molecular weight is 357 g/mol. The number of carbonyl (C=O) groups excluding carboxylic acids is 1. The van der Waals surface area contributed by atoms with E-state index < -0.39 is 12.0 Å². The second kappa shape index (κ2) is 11.7. The zero-order chi connectivity index (χ0) is 17.8. The maximum Gasteiger partial charge on any atom is 0.344 e. The molecule has 24 heavy (non-hydrogen) atoms. The normalized spacial score (nSPS) is 10.4. The number of carboxylic acids is 1. The Morgan fingerprint density at radius 3 is 2.50 bits per heavy atom. The molecule has 0 spiro atoms. The van der Waals surface area contributed by atoms with Gasteiger partial charge in [-0.25, -0.2) is 9.59 Å². The molecule has 0 fully saturated rings. The van der Waals surface area contributed by atoms with Crippen molar-refractivity contribution in [3.63, 3.8) is 0 Å². The number of carbonyl (C=O) groups is 2. The van der Waals surface area contributed by atoms with Crippen LogP contribution in [-0.4, -0.2) is 34.6 Å². The predicted octanol–water partition coefficient (Wildman–Crippen LogP) is 4.11. The summed E-state index contributed by atoms with van der Waals surface area (Å²) in [5.41, 5.74) is -0.0841. The highest BCUT2D eigenvalue weighted by Gasteiger charge is 2.23. The van der Waals surface area contributed by atoms with Crippen molar-refractivity contribution in [1.82, 2.24) is 9.69 Å². The molecule has 1 rings (SSSR count). The first kappa shape index (κ1) is 20.2. The number of urea groups is 1. The Morgan fingerprint density at radius 1 is 1.12 bits per heavy atom. The highest BCUT2D eigenvalue weighted by molar-refractivity contribution is 7.11. The first-order valence-corrected chi connectivity index (χ1v) is 9.28. The number of amides is 2. The topological polar surface area (TPSA) is 101 Å². The van der Waals surface area contributed by atoms with E-state index in [0.717, 1.165) is 43.6 Å². The zero-order valence-electron chi connectivity index (χ0n) is 14.4. The molecule has 7 nitrogen and oxygen atoms in total. The number of aromatic carboxylic acids is 1. The van der Waals surface area contributed by atoms with E-state index in [-0.39, 0.29) is 16.4 Å². The van der Waals surface area contributed by atoms with Crippen molar-refractivity contribution in [2.45, 2.75) is 58.8 Å². The summed E-state index contributed by atoms with van der Waals surface area (Å²) < 4.78 is 9.50. The molecule has 3 N–H and O–H groups in total. The van der Waals surface area contributed by atoms with Gasteiger partial charge in [0.25, 0.3) is 0 Å². The third kappa shape index (κ3) is 7.16. The fourth-order valence-electron chi connectivity index (χ4n) is 2.05. The number of rotatable bonds is 12. The van der Waals surface area contributed by atoms with E-state index in [0.29, 0.717) is 13.2 Å². The predicted molar refractivity (Wildman–Crippen MR) is 95.3 cm³/mol. The number of ether oxygens (including phenoxy) is 1. The van der Waals surface area contributed by atoms with Gasteiger partial charge in [-0.1, -0.05) is 46.0 Å². The van der Waals surface area contributed by atoms with Crippen molar-refractivity contribution in [3.8, 4) is 5.88 Å². The summed E-state index contributed by atoms with van der Waals surface area (Å²) in [6, 6.07) is -0.430. The lowest BCUT2D eigenvalue weighted by atomic mass is 10.2. The molecule has 0 saturated heterocycles. The van der Waals surface area contributed by atoms with Crippen molar-refractivity contribution in [2.75, 3.05) is 18.5 Å². The number of nitrogens with zero attached hydrogens (tertiary/aromatic N) is 1. The van der Waals surface area contributed by atoms with Crippen LogP contribution in [0, 0.1) is 0 Å². The van der Waals surface area contributed by atoms with Gasteiger partial charge in [-0.05, 0) is 24.4 Å². The van der Waals surface area contributed by atoms with E-state index in [1.807, 2.05) is 6.92 Å². The first-order valence-electron chi connectivity index (χ1n) is 8.50. The molecule has 0 aliphatic carbocycles. The van der Waals surface area contributed by atoms with Crippen molar-refractivity contribution < 1.29 is 19.4 Å². The van der Waals surface area contributed by atoms with Crippen LogP contribution in [0.15, 0.2) is 0 Å². The summed E-state index contributed by atoms with van der Waals surface area (Å²) in [5, 5.41) is 14.8. The smallest absolute Gasteiger partial charge is 0.344 e. The van der Waals surface area contributed by atoms with Crippen molar-refractivity contribution in [1.29, 1.82) is 0 Å². The largest absolute Gasteiger partial charge is 0.477 e. The molecule has 0 atom stereocenters. The SMILES string of the molecule is CCCCCCCOc1nsc(NC(=O)NCCCC)c1C(=O)O. The molecule has 1 heterocycles. The van der Waals surface area contributed by atoms with E-state index in [1.54, 1.807) is 0 Å². The maximum atomic E-state index is 11.8. The fourth-order valence-corrected chi connectivity index (χ4v) is 2.77. The van der Waals surface area contributed by atoms with Gasteiger partial charge in [-0.15, -0.1) is 0 Å². The molecule has 2 amide bonds. The molecule has 8 heteroatoms. The molecule has 1 aromatic rings. The van der Waals surface area contributed by atoms with Crippen LogP contribution in [-0.2, 0) is 0 Å². The van der Waals surface area contributed by atoms with Gasteiger partial charge >= 0.3 is 12.0 Å². The number of hydrogen-bond acceptors (Lipinski definition) is 5. The second-order valence-corrected chi connectivity index (χ2v) is 6.27. The van der Waals surface area contributed by atoms with E-state index in [9.17, 15) is 14.7 Å². The zero-order valence-corrected chi connectivity index (χ0v) is 15.2. The minimum atomic E-state index is -1.16. The summed E-state index contributed by atoms with van der Waals surface area (Å²) in [6.45, 7) is 5.15. The lowest BCUT2D eigenvalue weighted by molar-refractivity contribution is 0.0693. The minimum absolute atomic E-state index is 0.0758. The molecule has 0 aliphatic rings. The third-order valence-electron chi connectivity index (χ3n) is 3.40. The number of nitrogens with one attached hydrogen (secondary N) is 2. The first-order chi connectivity index (χ1) is 11.6. The molecule has 0 unspecified atom stereocenters. The van der Waals surface area contributed by atoms with Gasteiger partial charge in [0.05, 0.1) is 6.61 Å². The molecular weight excluding hydrogens is 330 g/mol. The van der Waals surface area contributed by atoms with Gasteiger partial charge in [0, 0.05) is 6.54 Å². The van der Waals surface area contributed by atoms with Gasteiger partial charge < -0.3 is 15.2 Å². The van der Waals surface area contributed by atoms with Crippen LogP contribution >= 0.6 is 11.5 Å². The maximum absolute atomic E-state index is 11.8. The Hall–Kier alpha value is -1.83. The van der Waals surface area contributed by atoms with Crippen LogP contribution in [0.25, 0.3) is 0 Å². The minimum Gasteiger partial charge on any atom is -0.477 e. The van der Waals surface area contributed by atoms with Crippen LogP contribution in [0.1, 0.15) is 69.2 Å². The lowest BCUT2D eigenvalue weighted by Gasteiger charge is -2.07. The third-order valence-corrected chi connectivity index (χ3v) is 4.15. The van der Waals surface area contributed by atoms with Crippen LogP contribution in [0.4, 0.5) is 9.80 Å². The average Bonchev–Trinajstić information content (AvgIpc) is 2.93. The number of carboxylic acid groups (broad SMARTS) is 1. The lowest BCUT2D eigenvalue weighted by Crippen LogP contribution is -2.29. The van der Waals surface area contributed by atoms with Crippen LogP contribution in [0.2, 0.25) is 0 Å². The van der Waals surface area contributed by atoms with Gasteiger partial charge in [0.2, 0.25) is 5.88 Å². The fraction of sp³-hybridized carbons (Fsp3) is 0.688. The van der Waals surface area contributed by atoms with Crippen LogP contribution in [0.5, 0.6) is 5.88 Å². The molecule has 0 radical (unpaired) electrons. The standard InChI is InChI=1S/C16H27N3O4S/c1-3-5-7-8-9-11-23-13-12(15(20)21)14(24-19-13)18-16(22)17-10-6-4-2/h3-11H2,1-2H3,(H,20,21)(H2,17,18,22). The highest BCUT2D eigenvalue weighted by Crippen LogP contribution is 2.30. The molecule has 0 aliphatic heterocycles. The number of unbranched alkanes of at least 4 members (excludes halogenated alkanes) is 5. The summed E-state index contributed by atoms with van der Waals surface area (Å²) in [5.74, 6) is -1.08. The van der Waals surface area contributed by atoms with Crippen molar-refractivity contribution in [3.05, 3.63) is 5.56 Å². The molecule has 0 bridgehead atoms. The van der Waals surface area contributed by atoms with Gasteiger partial charge in [-0.2, -0.15) is 4.37 Å². The number of aromatic nitrogens is 1. The van der Waals surface area contributed by atoms with E-state index in [2.05, 4.69) is 21.9 Å². The molecule has 1 aromatic heterocycles. The Morgan fingerprint density at radius 2 is 1.83 bits per heavy atom. The van der Waals surface area contributed by atoms with E-state index >= 15 is 0 Å². The summed E-state index contributed by atoms with van der Waals surface area (Å²) in [4.78, 5) is 23.2. The van der Waals surface area contributed by atoms with E-state index in [1.165, 1.54) is 12.8 Å². The number of anilines is 1. The monoisotopic (exact) mass is 357 g/mol. The summed E-state index contributed by atoms with van der Waals surface area (Å²) in [7, 11) is 0. The Kier molecular flexibility index (Phi) is 9.83. The van der Waals surface area contributed by atoms with E-state index in [4.69, 9.17) is 4.74 Å². The Bertz CT molecular complexity index is 519. The van der Waals surface area contributed by atoms with Crippen LogP contribution < -0.4 is 15.4 Å².